The average molecular weight is 350 g/mol. The Morgan fingerprint density at radius 1 is 0.962 bits per heavy atom. The molecule has 3 amide bonds. The van der Waals surface area contributed by atoms with Gasteiger partial charge in [-0.15, -0.1) is 0 Å². The number of amides is 3. The lowest BCUT2D eigenvalue weighted by Gasteiger charge is -2.21. The van der Waals surface area contributed by atoms with Crippen molar-refractivity contribution in [2.24, 2.45) is 0 Å². The summed E-state index contributed by atoms with van der Waals surface area (Å²) in [6.07, 6.45) is 2.82. The second kappa shape index (κ2) is 7.95. The first kappa shape index (κ1) is 17.9. The summed E-state index contributed by atoms with van der Waals surface area (Å²) in [5.74, 6) is -1.15. The van der Waals surface area contributed by atoms with Gasteiger partial charge in [-0.05, 0) is 24.1 Å². The molecule has 0 bridgehead atoms. The minimum Gasteiger partial charge on any atom is -0.348 e. The molecule has 0 unspecified atom stereocenters. The highest BCUT2D eigenvalue weighted by molar-refractivity contribution is 6.22. The van der Waals surface area contributed by atoms with Crippen molar-refractivity contribution in [3.63, 3.8) is 0 Å². The first-order valence-electron chi connectivity index (χ1n) is 8.91. The van der Waals surface area contributed by atoms with Crippen molar-refractivity contribution in [3.8, 4) is 0 Å². The van der Waals surface area contributed by atoms with E-state index in [0.29, 0.717) is 11.1 Å². The lowest BCUT2D eigenvalue weighted by atomic mass is 10.0. The number of benzene rings is 2. The summed E-state index contributed by atoms with van der Waals surface area (Å²) in [6, 6.07) is 16.3. The van der Waals surface area contributed by atoms with E-state index in [-0.39, 0.29) is 18.5 Å². The van der Waals surface area contributed by atoms with Crippen LogP contribution < -0.4 is 5.32 Å². The van der Waals surface area contributed by atoms with E-state index in [4.69, 9.17) is 0 Å². The first-order valence-corrected chi connectivity index (χ1v) is 8.91. The standard InChI is InChI=1S/C21H22N2O3/c1-2-3-13-18(15-9-5-4-6-10-15)22-19(24)14-23-20(25)16-11-7-8-12-17(16)21(23)26/h4-12,18H,2-3,13-14H2,1H3,(H,22,24)/t18-/m0/s1. The molecule has 134 valence electrons. The third-order valence-electron chi connectivity index (χ3n) is 4.56. The van der Waals surface area contributed by atoms with E-state index >= 15 is 0 Å². The fraction of sp³-hybridized carbons (Fsp3) is 0.286. The maximum Gasteiger partial charge on any atom is 0.262 e. The van der Waals surface area contributed by atoms with Gasteiger partial charge >= 0.3 is 0 Å². The predicted octanol–water partition coefficient (Wildman–Crippen LogP) is 3.33. The third kappa shape index (κ3) is 3.67. The smallest absolute Gasteiger partial charge is 0.262 e. The highest BCUT2D eigenvalue weighted by Gasteiger charge is 2.36. The fourth-order valence-corrected chi connectivity index (χ4v) is 3.18. The highest BCUT2D eigenvalue weighted by atomic mass is 16.2. The molecular formula is C21H22N2O3. The number of rotatable bonds is 7. The van der Waals surface area contributed by atoms with Gasteiger partial charge in [0, 0.05) is 0 Å². The van der Waals surface area contributed by atoms with Crippen LogP contribution in [0.15, 0.2) is 54.6 Å². The second-order valence-corrected chi connectivity index (χ2v) is 6.42. The van der Waals surface area contributed by atoms with Gasteiger partial charge in [-0.25, -0.2) is 0 Å². The van der Waals surface area contributed by atoms with Crippen LogP contribution in [0.3, 0.4) is 0 Å². The van der Waals surface area contributed by atoms with Crippen molar-refractivity contribution in [3.05, 3.63) is 71.3 Å². The molecule has 0 aliphatic carbocycles. The quantitative estimate of drug-likeness (QED) is 0.779. The summed E-state index contributed by atoms with van der Waals surface area (Å²) < 4.78 is 0. The van der Waals surface area contributed by atoms with Gasteiger partial charge < -0.3 is 5.32 Å². The van der Waals surface area contributed by atoms with Crippen LogP contribution >= 0.6 is 0 Å². The lowest BCUT2D eigenvalue weighted by molar-refractivity contribution is -0.122. The Hall–Kier alpha value is -2.95. The number of hydrogen-bond donors (Lipinski definition) is 1. The fourth-order valence-electron chi connectivity index (χ4n) is 3.18. The second-order valence-electron chi connectivity index (χ2n) is 6.42. The number of fused-ring (bicyclic) bond motifs is 1. The van der Waals surface area contributed by atoms with Crippen LogP contribution in [0, 0.1) is 0 Å². The Morgan fingerprint density at radius 2 is 1.54 bits per heavy atom. The predicted molar refractivity (Wildman–Crippen MR) is 98.7 cm³/mol. The van der Waals surface area contributed by atoms with Gasteiger partial charge in [0.05, 0.1) is 17.2 Å². The molecule has 3 rings (SSSR count). The monoisotopic (exact) mass is 350 g/mol. The van der Waals surface area contributed by atoms with Gasteiger partial charge in [-0.3, -0.25) is 19.3 Å². The van der Waals surface area contributed by atoms with Crippen LogP contribution in [-0.2, 0) is 4.79 Å². The zero-order chi connectivity index (χ0) is 18.5. The molecule has 0 spiro atoms. The molecule has 1 atom stereocenters. The molecule has 26 heavy (non-hydrogen) atoms. The molecule has 0 fully saturated rings. The Morgan fingerprint density at radius 3 is 2.12 bits per heavy atom. The van der Waals surface area contributed by atoms with E-state index in [0.717, 1.165) is 29.7 Å². The Balaban J connectivity index is 1.69. The van der Waals surface area contributed by atoms with Gasteiger partial charge in [0.25, 0.3) is 11.8 Å². The summed E-state index contributed by atoms with van der Waals surface area (Å²) in [5, 5.41) is 2.98. The molecule has 1 heterocycles. The van der Waals surface area contributed by atoms with E-state index in [2.05, 4.69) is 12.2 Å². The van der Waals surface area contributed by atoms with Crippen LogP contribution in [0.5, 0.6) is 0 Å². The first-order chi connectivity index (χ1) is 12.6. The van der Waals surface area contributed by atoms with E-state index in [9.17, 15) is 14.4 Å². The van der Waals surface area contributed by atoms with Crippen LogP contribution in [0.2, 0.25) is 0 Å². The minimum absolute atomic E-state index is 0.126. The van der Waals surface area contributed by atoms with Crippen molar-refractivity contribution in [1.82, 2.24) is 10.2 Å². The molecule has 0 saturated carbocycles. The summed E-state index contributed by atoms with van der Waals surface area (Å²) in [4.78, 5) is 38.3. The van der Waals surface area contributed by atoms with E-state index in [1.807, 2.05) is 30.3 Å². The van der Waals surface area contributed by atoms with Crippen molar-refractivity contribution < 1.29 is 14.4 Å². The summed E-state index contributed by atoms with van der Waals surface area (Å²) in [7, 11) is 0. The Bertz CT molecular complexity index is 782. The van der Waals surface area contributed by atoms with Crippen LogP contribution in [0.1, 0.15) is 58.5 Å². The average Bonchev–Trinajstić information content (AvgIpc) is 2.91. The van der Waals surface area contributed by atoms with Crippen molar-refractivity contribution in [2.45, 2.75) is 32.2 Å². The van der Waals surface area contributed by atoms with E-state index in [1.54, 1.807) is 24.3 Å². The molecule has 0 aromatic heterocycles. The third-order valence-corrected chi connectivity index (χ3v) is 4.56. The molecule has 0 saturated heterocycles. The van der Waals surface area contributed by atoms with Crippen LogP contribution in [0.4, 0.5) is 0 Å². The molecule has 1 aliphatic rings. The topological polar surface area (TPSA) is 66.5 Å². The molecule has 0 radical (unpaired) electrons. The maximum atomic E-state index is 12.5. The van der Waals surface area contributed by atoms with Gasteiger partial charge in [0.2, 0.25) is 5.91 Å². The zero-order valence-corrected chi connectivity index (χ0v) is 14.8. The number of unbranched alkanes of at least 4 members (excludes halogenated alkanes) is 1. The highest BCUT2D eigenvalue weighted by Crippen LogP contribution is 2.23. The number of nitrogens with one attached hydrogen (secondary N) is 1. The lowest BCUT2D eigenvalue weighted by Crippen LogP contribution is -2.41. The van der Waals surface area contributed by atoms with Crippen LogP contribution in [-0.4, -0.2) is 29.2 Å². The zero-order valence-electron chi connectivity index (χ0n) is 14.8. The molecule has 2 aromatic carbocycles. The number of carbonyl (C=O) groups is 3. The molecule has 5 heteroatoms. The SMILES string of the molecule is CCCC[C@H](NC(=O)CN1C(=O)c2ccccc2C1=O)c1ccccc1. The maximum absolute atomic E-state index is 12.5. The van der Waals surface area contributed by atoms with Crippen molar-refractivity contribution in [1.29, 1.82) is 0 Å². The normalized spacial score (nSPS) is 14.3. The van der Waals surface area contributed by atoms with Crippen molar-refractivity contribution in [2.75, 3.05) is 6.54 Å². The number of nitrogens with zero attached hydrogens (tertiary/aromatic N) is 1. The van der Waals surface area contributed by atoms with Gasteiger partial charge in [0.1, 0.15) is 6.54 Å². The van der Waals surface area contributed by atoms with Crippen molar-refractivity contribution >= 4 is 17.7 Å². The van der Waals surface area contributed by atoms with E-state index in [1.165, 1.54) is 0 Å². The molecular weight excluding hydrogens is 328 g/mol. The number of carbonyl (C=O) groups excluding carboxylic acids is 3. The number of hydrogen-bond acceptors (Lipinski definition) is 3. The molecule has 2 aromatic rings. The Kier molecular flexibility index (Phi) is 5.46. The van der Waals surface area contributed by atoms with E-state index < -0.39 is 11.8 Å². The van der Waals surface area contributed by atoms with Gasteiger partial charge in [-0.2, -0.15) is 0 Å². The van der Waals surface area contributed by atoms with Crippen LogP contribution in [0.25, 0.3) is 0 Å². The summed E-state index contributed by atoms with van der Waals surface area (Å²) in [6.45, 7) is 1.84. The minimum atomic E-state index is -0.412. The Labute approximate surface area is 153 Å². The van der Waals surface area contributed by atoms with Gasteiger partial charge in [-0.1, -0.05) is 62.2 Å². The molecule has 1 aliphatic heterocycles. The number of imide groups is 1. The summed E-state index contributed by atoms with van der Waals surface area (Å²) >= 11 is 0. The summed E-state index contributed by atoms with van der Waals surface area (Å²) in [5.41, 5.74) is 1.74. The van der Waals surface area contributed by atoms with Gasteiger partial charge in [0.15, 0.2) is 0 Å². The molecule has 5 nitrogen and oxygen atoms in total. The largest absolute Gasteiger partial charge is 0.348 e. The molecule has 1 N–H and O–H groups in total.